The molecule has 3 aromatic rings. The summed E-state index contributed by atoms with van der Waals surface area (Å²) in [7, 11) is 0. The van der Waals surface area contributed by atoms with Gasteiger partial charge in [0.15, 0.2) is 5.82 Å². The predicted molar refractivity (Wildman–Crippen MR) is 81.4 cm³/mol. The minimum atomic E-state index is -0.458. The van der Waals surface area contributed by atoms with Crippen molar-refractivity contribution in [3.8, 4) is 17.1 Å². The molecule has 2 aromatic carbocycles. The Morgan fingerprint density at radius 2 is 2.00 bits per heavy atom. The molecule has 0 amide bonds. The van der Waals surface area contributed by atoms with Crippen LogP contribution in [0.2, 0.25) is 0 Å². The van der Waals surface area contributed by atoms with Crippen molar-refractivity contribution < 1.29 is 4.39 Å². The monoisotopic (exact) mass is 347 g/mol. The van der Waals surface area contributed by atoms with E-state index in [9.17, 15) is 4.39 Å². The van der Waals surface area contributed by atoms with E-state index in [0.29, 0.717) is 17.1 Å². The van der Waals surface area contributed by atoms with Gasteiger partial charge in [0.05, 0.1) is 11.3 Å². The second-order valence-electron chi connectivity index (χ2n) is 4.59. The Labute approximate surface area is 128 Å². The Morgan fingerprint density at radius 3 is 2.71 bits per heavy atom. The molecule has 21 heavy (non-hydrogen) atoms. The van der Waals surface area contributed by atoms with E-state index in [1.54, 1.807) is 12.1 Å². The van der Waals surface area contributed by atoms with Crippen LogP contribution in [0.25, 0.3) is 17.1 Å². The lowest BCUT2D eigenvalue weighted by atomic mass is 10.1. The third-order valence-corrected chi connectivity index (χ3v) is 3.98. The molecule has 1 aromatic heterocycles. The molecule has 0 fully saturated rings. The largest absolute Gasteiger partial charge is 0.399 e. The first kappa shape index (κ1) is 13.7. The van der Waals surface area contributed by atoms with E-state index in [0.717, 1.165) is 15.7 Å². The number of nitrogens with zero attached hydrogens (tertiary/aromatic N) is 4. The van der Waals surface area contributed by atoms with Crippen molar-refractivity contribution in [2.24, 2.45) is 0 Å². The van der Waals surface area contributed by atoms with Crippen molar-refractivity contribution in [3.05, 3.63) is 52.3 Å². The molecule has 7 heteroatoms. The average molecular weight is 348 g/mol. The van der Waals surface area contributed by atoms with Crippen LogP contribution in [0, 0.1) is 12.7 Å². The Bertz CT molecular complexity index is 815. The molecule has 0 bridgehead atoms. The zero-order chi connectivity index (χ0) is 15.0. The van der Waals surface area contributed by atoms with E-state index in [-0.39, 0.29) is 0 Å². The summed E-state index contributed by atoms with van der Waals surface area (Å²) in [6.07, 6.45) is 0. The van der Waals surface area contributed by atoms with Crippen LogP contribution in [0.4, 0.5) is 10.1 Å². The number of nitrogen functional groups attached to an aromatic ring is 1. The van der Waals surface area contributed by atoms with Gasteiger partial charge in [0, 0.05) is 10.2 Å². The number of aromatic nitrogens is 4. The highest BCUT2D eigenvalue weighted by molar-refractivity contribution is 9.10. The van der Waals surface area contributed by atoms with Gasteiger partial charge in [0.2, 0.25) is 0 Å². The van der Waals surface area contributed by atoms with Gasteiger partial charge in [0.25, 0.3) is 0 Å². The van der Waals surface area contributed by atoms with E-state index in [4.69, 9.17) is 5.73 Å². The van der Waals surface area contributed by atoms with E-state index in [1.165, 1.54) is 10.7 Å². The maximum absolute atomic E-state index is 14.1. The number of tetrazole rings is 1. The highest BCUT2D eigenvalue weighted by atomic mass is 79.9. The second kappa shape index (κ2) is 5.25. The smallest absolute Gasteiger partial charge is 0.190 e. The molecule has 0 atom stereocenters. The number of anilines is 1. The highest BCUT2D eigenvalue weighted by Crippen LogP contribution is 2.25. The fourth-order valence-electron chi connectivity index (χ4n) is 2.00. The molecule has 0 saturated heterocycles. The second-order valence-corrected chi connectivity index (χ2v) is 5.44. The van der Waals surface area contributed by atoms with Crippen LogP contribution >= 0.6 is 15.9 Å². The van der Waals surface area contributed by atoms with E-state index < -0.39 is 5.82 Å². The normalized spacial score (nSPS) is 10.8. The lowest BCUT2D eigenvalue weighted by Crippen LogP contribution is -2.02. The topological polar surface area (TPSA) is 69.6 Å². The number of aryl methyl sites for hydroxylation is 1. The molecule has 0 aliphatic carbocycles. The minimum absolute atomic E-state index is 0.301. The van der Waals surface area contributed by atoms with Crippen molar-refractivity contribution in [1.82, 2.24) is 20.2 Å². The summed E-state index contributed by atoms with van der Waals surface area (Å²) in [5.74, 6) is -0.130. The highest BCUT2D eigenvalue weighted by Gasteiger charge is 2.15. The molecule has 0 aliphatic rings. The van der Waals surface area contributed by atoms with Gasteiger partial charge < -0.3 is 5.73 Å². The number of rotatable bonds is 2. The summed E-state index contributed by atoms with van der Waals surface area (Å²) in [6.45, 7) is 1.96. The number of halogens is 2. The number of benzene rings is 2. The molecule has 0 radical (unpaired) electrons. The fraction of sp³-hybridized carbons (Fsp3) is 0.0714. The van der Waals surface area contributed by atoms with Gasteiger partial charge in [-0.15, -0.1) is 5.10 Å². The maximum Gasteiger partial charge on any atom is 0.190 e. The average Bonchev–Trinajstić information content (AvgIpc) is 2.91. The summed E-state index contributed by atoms with van der Waals surface area (Å²) >= 11 is 3.44. The SMILES string of the molecule is Cc1cc(-n2nnnc2-c2ccc(N)cc2F)ccc1Br. The Balaban J connectivity index is 2.14. The first-order chi connectivity index (χ1) is 10.1. The standard InChI is InChI=1S/C14H11BrFN5/c1-8-6-10(3-5-12(8)15)21-14(18-19-20-21)11-4-2-9(17)7-13(11)16/h2-7H,17H2,1H3. The number of hydrogen-bond acceptors (Lipinski definition) is 4. The molecular weight excluding hydrogens is 337 g/mol. The molecule has 2 N–H and O–H groups in total. The van der Waals surface area contributed by atoms with Gasteiger partial charge in [-0.2, -0.15) is 4.68 Å². The lowest BCUT2D eigenvalue weighted by Gasteiger charge is -2.07. The summed E-state index contributed by atoms with van der Waals surface area (Å²) in [4.78, 5) is 0. The molecule has 5 nitrogen and oxygen atoms in total. The van der Waals surface area contributed by atoms with Crippen molar-refractivity contribution in [3.63, 3.8) is 0 Å². The molecule has 1 heterocycles. The molecule has 3 rings (SSSR count). The number of nitrogens with two attached hydrogens (primary N) is 1. The van der Waals surface area contributed by atoms with Gasteiger partial charge in [-0.3, -0.25) is 0 Å². The summed E-state index contributed by atoms with van der Waals surface area (Å²) in [6, 6.07) is 10.1. The Morgan fingerprint density at radius 1 is 1.19 bits per heavy atom. The molecular formula is C14H11BrFN5. The van der Waals surface area contributed by atoms with Gasteiger partial charge in [0.1, 0.15) is 5.82 Å². The van der Waals surface area contributed by atoms with Crippen LogP contribution in [0.3, 0.4) is 0 Å². The summed E-state index contributed by atoms with van der Waals surface area (Å²) < 4.78 is 16.5. The minimum Gasteiger partial charge on any atom is -0.399 e. The van der Waals surface area contributed by atoms with Crippen molar-refractivity contribution in [2.75, 3.05) is 5.73 Å². The van der Waals surface area contributed by atoms with Crippen molar-refractivity contribution in [2.45, 2.75) is 6.92 Å². The van der Waals surface area contributed by atoms with Crippen LogP contribution < -0.4 is 5.73 Å². The Kier molecular flexibility index (Phi) is 3.42. The predicted octanol–water partition coefficient (Wildman–Crippen LogP) is 3.12. The first-order valence-electron chi connectivity index (χ1n) is 6.16. The molecule has 0 spiro atoms. The van der Waals surface area contributed by atoms with Crippen LogP contribution in [0.15, 0.2) is 40.9 Å². The summed E-state index contributed by atoms with van der Waals surface area (Å²) in [5.41, 5.74) is 8.01. The third kappa shape index (κ3) is 2.52. The van der Waals surface area contributed by atoms with Gasteiger partial charge in [-0.05, 0) is 59.3 Å². The van der Waals surface area contributed by atoms with Crippen LogP contribution in [-0.2, 0) is 0 Å². The molecule has 0 aliphatic heterocycles. The van der Waals surface area contributed by atoms with Gasteiger partial charge in [-0.1, -0.05) is 15.9 Å². The first-order valence-corrected chi connectivity index (χ1v) is 6.96. The fourth-order valence-corrected chi connectivity index (χ4v) is 2.25. The lowest BCUT2D eigenvalue weighted by molar-refractivity contribution is 0.629. The molecule has 106 valence electrons. The zero-order valence-corrected chi connectivity index (χ0v) is 12.7. The van der Waals surface area contributed by atoms with E-state index in [2.05, 4.69) is 31.5 Å². The molecule has 0 unspecified atom stereocenters. The number of hydrogen-bond donors (Lipinski definition) is 1. The Hall–Kier alpha value is -2.28. The van der Waals surface area contributed by atoms with Gasteiger partial charge in [-0.25, -0.2) is 4.39 Å². The van der Waals surface area contributed by atoms with Crippen molar-refractivity contribution >= 4 is 21.6 Å². The van der Waals surface area contributed by atoms with E-state index >= 15 is 0 Å². The maximum atomic E-state index is 14.1. The van der Waals surface area contributed by atoms with Crippen LogP contribution in [0.1, 0.15) is 5.56 Å². The van der Waals surface area contributed by atoms with E-state index in [1.807, 2.05) is 25.1 Å². The summed E-state index contributed by atoms with van der Waals surface area (Å²) in [5, 5.41) is 11.5. The van der Waals surface area contributed by atoms with Crippen LogP contribution in [-0.4, -0.2) is 20.2 Å². The van der Waals surface area contributed by atoms with Gasteiger partial charge >= 0.3 is 0 Å². The quantitative estimate of drug-likeness (QED) is 0.723. The van der Waals surface area contributed by atoms with Crippen LogP contribution in [0.5, 0.6) is 0 Å². The third-order valence-electron chi connectivity index (χ3n) is 3.09. The molecule has 0 saturated carbocycles. The van der Waals surface area contributed by atoms with Crippen molar-refractivity contribution in [1.29, 1.82) is 0 Å². The zero-order valence-electron chi connectivity index (χ0n) is 11.1.